The summed E-state index contributed by atoms with van der Waals surface area (Å²) in [6, 6.07) is 31.1. The van der Waals surface area contributed by atoms with Gasteiger partial charge in [0, 0.05) is 56.4 Å². The van der Waals surface area contributed by atoms with Gasteiger partial charge in [0.1, 0.15) is 0 Å². The van der Waals surface area contributed by atoms with Gasteiger partial charge in [-0.05, 0) is 62.4 Å². The smallest absolute Gasteiger partial charge is 0.388 e. The Bertz CT molecular complexity index is 1390. The molecule has 188 valence electrons. The van der Waals surface area contributed by atoms with Crippen LogP contribution in [-0.2, 0) is 10.4 Å². The predicted molar refractivity (Wildman–Crippen MR) is 142 cm³/mol. The summed E-state index contributed by atoms with van der Waals surface area (Å²) in [6.45, 7) is 3.82. The third kappa shape index (κ3) is 11.0. The minimum atomic E-state index is -5.17. The molecule has 4 aromatic carbocycles. The van der Waals surface area contributed by atoms with E-state index in [1.807, 2.05) is 98.8 Å². The maximum Gasteiger partial charge on any atom is 0.388 e. The zero-order chi connectivity index (χ0) is 27.3. The van der Waals surface area contributed by atoms with E-state index in [9.17, 15) is 0 Å². The minimum Gasteiger partial charge on any atom is -0.759 e. The van der Waals surface area contributed by atoms with Crippen LogP contribution in [0, 0.1) is 24.6 Å². The van der Waals surface area contributed by atoms with Gasteiger partial charge in [0.2, 0.25) is 10.8 Å². The number of rotatable bonds is 4. The first-order chi connectivity index (χ1) is 17.6. The molecule has 0 radical (unpaired) electrons. The molecule has 0 aliphatic carbocycles. The summed E-state index contributed by atoms with van der Waals surface area (Å²) in [6.07, 6.45) is 0. The van der Waals surface area contributed by atoms with Crippen LogP contribution >= 0.6 is 0 Å². The largest absolute Gasteiger partial charge is 0.759 e. The summed E-state index contributed by atoms with van der Waals surface area (Å²) in [5, 5.41) is 24.0. The van der Waals surface area contributed by atoms with Crippen LogP contribution in [-0.4, -0.2) is 17.5 Å². The standard InChI is InChI=1S/2C13H12N3.H2O4S/c2*1-10-9-12(7-8-13(10)16-14)15-11-5-3-2-4-6-11;1-5(2,3)4/h2*2-9,15H,1H3;(H2,1,2,3,4)/q2*+1;/p-2. The Hall–Kier alpha value is -4.81. The Balaban J connectivity index is 0.000000221. The number of hydrogen-bond acceptors (Lipinski definition) is 8. The van der Waals surface area contributed by atoms with Crippen molar-refractivity contribution in [2.45, 2.75) is 13.8 Å². The second kappa shape index (κ2) is 13.9. The second-order valence-electron chi connectivity index (χ2n) is 7.59. The molecule has 11 heteroatoms. The number of anilines is 4. The van der Waals surface area contributed by atoms with Crippen LogP contribution in [0.2, 0.25) is 0 Å². The first-order valence-corrected chi connectivity index (χ1v) is 12.1. The number of hydrogen-bond donors (Lipinski definition) is 2. The molecule has 0 bridgehead atoms. The molecule has 4 aromatic rings. The lowest BCUT2D eigenvalue weighted by Gasteiger charge is -2.06. The van der Waals surface area contributed by atoms with Gasteiger partial charge in [-0.2, -0.15) is 0 Å². The maximum atomic E-state index is 8.70. The van der Waals surface area contributed by atoms with E-state index < -0.39 is 10.4 Å². The average molecular weight is 517 g/mol. The highest BCUT2D eigenvalue weighted by Gasteiger charge is 2.10. The van der Waals surface area contributed by atoms with Crippen LogP contribution in [0.1, 0.15) is 11.1 Å². The highest BCUT2D eigenvalue weighted by atomic mass is 32.3. The summed E-state index contributed by atoms with van der Waals surface area (Å²) < 4.78 is 34.1. The van der Waals surface area contributed by atoms with Crippen molar-refractivity contribution in [3.63, 3.8) is 0 Å². The van der Waals surface area contributed by atoms with Gasteiger partial charge in [0.25, 0.3) is 0 Å². The Morgan fingerprint density at radius 3 is 1.19 bits per heavy atom. The number of nitrogens with one attached hydrogen (secondary N) is 2. The summed E-state index contributed by atoms with van der Waals surface area (Å²) in [7, 11) is -5.17. The van der Waals surface area contributed by atoms with Gasteiger partial charge in [-0.25, -0.2) is 0 Å². The minimum absolute atomic E-state index is 0.596. The first-order valence-electron chi connectivity index (χ1n) is 10.8. The van der Waals surface area contributed by atoms with Crippen LogP contribution in [0.3, 0.4) is 0 Å². The van der Waals surface area contributed by atoms with Gasteiger partial charge in [-0.15, -0.1) is 0 Å². The molecule has 0 atom stereocenters. The highest BCUT2D eigenvalue weighted by Crippen LogP contribution is 2.25. The van der Waals surface area contributed by atoms with Crippen molar-refractivity contribution in [1.82, 2.24) is 0 Å². The van der Waals surface area contributed by atoms with Crippen LogP contribution in [0.25, 0.3) is 9.95 Å². The van der Waals surface area contributed by atoms with Crippen molar-refractivity contribution in [2.24, 2.45) is 0 Å². The van der Waals surface area contributed by atoms with E-state index >= 15 is 0 Å². The predicted octanol–water partition coefficient (Wildman–Crippen LogP) is 7.11. The molecular weight excluding hydrogens is 492 g/mol. The fraction of sp³-hybridized carbons (Fsp3) is 0.0769. The van der Waals surface area contributed by atoms with Gasteiger partial charge < -0.3 is 19.7 Å². The lowest BCUT2D eigenvalue weighted by Crippen LogP contribution is -1.91. The zero-order valence-electron chi connectivity index (χ0n) is 20.1. The fourth-order valence-electron chi connectivity index (χ4n) is 3.07. The topological polar surface area (TPSA) is 161 Å². The quantitative estimate of drug-likeness (QED) is 0.165. The molecular formula is C26H24N6O4S. The molecule has 0 aliphatic heterocycles. The van der Waals surface area contributed by atoms with Crippen LogP contribution in [0.4, 0.5) is 34.1 Å². The van der Waals surface area contributed by atoms with Crippen molar-refractivity contribution in [1.29, 1.82) is 10.8 Å². The summed E-state index contributed by atoms with van der Waals surface area (Å²) in [5.41, 5.74) is 7.10. The first kappa shape index (κ1) is 28.4. The van der Waals surface area contributed by atoms with Crippen molar-refractivity contribution in [3.05, 3.63) is 118 Å². The lowest BCUT2D eigenvalue weighted by atomic mass is 10.2. The molecule has 0 heterocycles. The number of aryl methyl sites for hydroxylation is 2. The Kier molecular flexibility index (Phi) is 10.7. The molecule has 0 saturated heterocycles. The van der Waals surface area contributed by atoms with E-state index in [1.54, 1.807) is 12.1 Å². The van der Waals surface area contributed by atoms with E-state index in [4.69, 9.17) is 28.3 Å². The van der Waals surface area contributed by atoms with Gasteiger partial charge in [-0.1, -0.05) is 36.4 Å². The third-order valence-corrected chi connectivity index (χ3v) is 4.73. The van der Waals surface area contributed by atoms with Crippen molar-refractivity contribution in [3.8, 4) is 0 Å². The zero-order valence-corrected chi connectivity index (χ0v) is 20.9. The molecule has 0 spiro atoms. The molecule has 0 fully saturated rings. The summed E-state index contributed by atoms with van der Waals surface area (Å²) >= 11 is 0. The fourth-order valence-corrected chi connectivity index (χ4v) is 3.07. The SMILES string of the molecule is Cc1cc(Nc2ccccc2)ccc1[N+]#N.Cc1cc(Nc2ccccc2)ccc1[N+]#N.O=S(=O)([O-])[O-]. The number of diazo groups is 2. The molecule has 10 nitrogen and oxygen atoms in total. The van der Waals surface area contributed by atoms with E-state index in [-0.39, 0.29) is 0 Å². The van der Waals surface area contributed by atoms with Gasteiger partial charge >= 0.3 is 11.4 Å². The average Bonchev–Trinajstić information content (AvgIpc) is 2.85. The number of para-hydroxylation sites is 2. The molecule has 0 aliphatic rings. The number of benzene rings is 4. The highest BCUT2D eigenvalue weighted by molar-refractivity contribution is 7.79. The lowest BCUT2D eigenvalue weighted by molar-refractivity contribution is 0.352. The van der Waals surface area contributed by atoms with Crippen molar-refractivity contribution < 1.29 is 17.5 Å². The molecule has 2 N–H and O–H groups in total. The van der Waals surface area contributed by atoms with Gasteiger partial charge in [-0.3, -0.25) is 8.42 Å². The molecule has 0 aromatic heterocycles. The van der Waals surface area contributed by atoms with Crippen LogP contribution in [0.5, 0.6) is 0 Å². The Labute approximate surface area is 215 Å². The normalized spacial score (nSPS) is 9.78. The van der Waals surface area contributed by atoms with Crippen LogP contribution in [0.15, 0.2) is 97.1 Å². The van der Waals surface area contributed by atoms with Gasteiger partial charge in [0.15, 0.2) is 9.95 Å². The molecule has 0 saturated carbocycles. The molecule has 4 rings (SSSR count). The van der Waals surface area contributed by atoms with E-state index in [0.717, 1.165) is 33.9 Å². The van der Waals surface area contributed by atoms with Crippen molar-refractivity contribution >= 4 is 44.5 Å². The van der Waals surface area contributed by atoms with E-state index in [2.05, 4.69) is 20.6 Å². The molecule has 37 heavy (non-hydrogen) atoms. The maximum absolute atomic E-state index is 8.70. The Morgan fingerprint density at radius 1 is 0.595 bits per heavy atom. The summed E-state index contributed by atoms with van der Waals surface area (Å²) in [4.78, 5) is 6.38. The Morgan fingerprint density at radius 2 is 0.919 bits per heavy atom. The van der Waals surface area contributed by atoms with E-state index in [1.165, 1.54) is 0 Å². The number of nitrogens with zero attached hydrogens (tertiary/aromatic N) is 4. The summed E-state index contributed by atoms with van der Waals surface area (Å²) in [5.74, 6) is 0. The second-order valence-corrected chi connectivity index (χ2v) is 8.41. The third-order valence-electron chi connectivity index (χ3n) is 4.73. The van der Waals surface area contributed by atoms with E-state index in [0.29, 0.717) is 11.4 Å². The molecule has 0 unspecified atom stereocenters. The monoisotopic (exact) mass is 516 g/mol. The molecule has 0 amide bonds. The van der Waals surface area contributed by atoms with Crippen LogP contribution < -0.4 is 10.6 Å². The van der Waals surface area contributed by atoms with Crippen molar-refractivity contribution in [2.75, 3.05) is 10.6 Å². The van der Waals surface area contributed by atoms with Gasteiger partial charge in [0.05, 0.1) is 0 Å².